The van der Waals surface area contributed by atoms with E-state index in [1.165, 1.54) is 0 Å². The average Bonchev–Trinajstić information content (AvgIpc) is 2.49. The molecular weight excluding hydrogens is 311 g/mol. The molecule has 0 spiro atoms. The molecule has 0 bridgehead atoms. The topological polar surface area (TPSA) is 72.2 Å². The van der Waals surface area contributed by atoms with Crippen molar-refractivity contribution in [1.29, 1.82) is 0 Å². The van der Waals surface area contributed by atoms with Gasteiger partial charge < -0.3 is 15.5 Å². The number of aromatic nitrogens is 1. The van der Waals surface area contributed by atoms with Crippen LogP contribution in [0.15, 0.2) is 30.3 Å². The van der Waals surface area contributed by atoms with E-state index in [1.807, 2.05) is 24.3 Å². The number of nitrogens with zero attached hydrogens (tertiary/aromatic N) is 1. The van der Waals surface area contributed by atoms with E-state index in [2.05, 4.69) is 15.7 Å². The lowest BCUT2D eigenvalue weighted by Crippen LogP contribution is -2.12. The van der Waals surface area contributed by atoms with Gasteiger partial charge >= 0.3 is 0 Å². The molecule has 112 valence electrons. The van der Waals surface area contributed by atoms with E-state index in [9.17, 15) is 0 Å². The Labute approximate surface area is 133 Å². The number of pyridine rings is 1. The number of nitrogen functional groups attached to an aromatic ring is 1. The molecule has 0 fully saturated rings. The number of methoxy groups -OCH3 is 1. The van der Waals surface area contributed by atoms with Gasteiger partial charge in [0.25, 0.3) is 0 Å². The summed E-state index contributed by atoms with van der Waals surface area (Å²) in [6, 6.07) is 9.49. The molecule has 4 N–H and O–H groups in total. The van der Waals surface area contributed by atoms with Gasteiger partial charge in [0.15, 0.2) is 5.82 Å². The van der Waals surface area contributed by atoms with Gasteiger partial charge in [-0.25, -0.2) is 10.8 Å². The van der Waals surface area contributed by atoms with Crippen LogP contribution in [0.1, 0.15) is 5.56 Å². The number of nitrogens with one attached hydrogen (secondary N) is 2. The summed E-state index contributed by atoms with van der Waals surface area (Å²) in [6.07, 6.45) is 0.809. The fourth-order valence-electron chi connectivity index (χ4n) is 1.84. The van der Waals surface area contributed by atoms with Gasteiger partial charge in [-0.05, 0) is 30.2 Å². The van der Waals surface area contributed by atoms with Crippen molar-refractivity contribution >= 4 is 34.8 Å². The van der Waals surface area contributed by atoms with Crippen molar-refractivity contribution in [3.05, 3.63) is 45.9 Å². The Morgan fingerprint density at radius 3 is 2.67 bits per heavy atom. The molecule has 1 aromatic heterocycles. The highest BCUT2D eigenvalue weighted by atomic mass is 35.5. The predicted octanol–water partition coefficient (Wildman–Crippen LogP) is 3.34. The van der Waals surface area contributed by atoms with Crippen LogP contribution in [0, 0.1) is 0 Å². The summed E-state index contributed by atoms with van der Waals surface area (Å²) >= 11 is 12.0. The molecular formula is C14H16Cl2N4O. The first kappa shape index (κ1) is 15.7. The lowest BCUT2D eigenvalue weighted by atomic mass is 10.1. The Morgan fingerprint density at radius 2 is 1.95 bits per heavy atom. The zero-order chi connectivity index (χ0) is 15.2. The van der Waals surface area contributed by atoms with Crippen molar-refractivity contribution in [2.75, 3.05) is 24.4 Å². The van der Waals surface area contributed by atoms with Crippen molar-refractivity contribution in [3.8, 4) is 5.75 Å². The Bertz CT molecular complexity index is 622. The zero-order valence-electron chi connectivity index (χ0n) is 11.5. The van der Waals surface area contributed by atoms with Crippen LogP contribution < -0.4 is 21.3 Å². The first-order valence-electron chi connectivity index (χ1n) is 6.33. The second-order valence-electron chi connectivity index (χ2n) is 4.32. The van der Waals surface area contributed by atoms with E-state index >= 15 is 0 Å². The summed E-state index contributed by atoms with van der Waals surface area (Å²) in [6.45, 7) is 0.672. The predicted molar refractivity (Wildman–Crippen MR) is 87.3 cm³/mol. The lowest BCUT2D eigenvalue weighted by Gasteiger charge is -2.11. The third kappa shape index (κ3) is 4.14. The number of benzene rings is 1. The number of rotatable bonds is 6. The molecule has 0 unspecified atom stereocenters. The van der Waals surface area contributed by atoms with Crippen LogP contribution in [0.3, 0.4) is 0 Å². The van der Waals surface area contributed by atoms with Crippen molar-refractivity contribution in [2.45, 2.75) is 6.42 Å². The quantitative estimate of drug-likeness (QED) is 0.561. The maximum Gasteiger partial charge on any atom is 0.161 e. The zero-order valence-corrected chi connectivity index (χ0v) is 13.0. The van der Waals surface area contributed by atoms with Gasteiger partial charge in [0.05, 0.1) is 17.2 Å². The molecule has 5 nitrogen and oxygen atoms in total. The average molecular weight is 327 g/mol. The summed E-state index contributed by atoms with van der Waals surface area (Å²) in [5, 5.41) is 3.99. The minimum absolute atomic E-state index is 0.376. The molecule has 0 radical (unpaired) electrons. The molecule has 2 aromatic rings. The van der Waals surface area contributed by atoms with Gasteiger partial charge in [-0.15, -0.1) is 0 Å². The van der Waals surface area contributed by atoms with Crippen LogP contribution in [0.5, 0.6) is 5.75 Å². The van der Waals surface area contributed by atoms with Crippen LogP contribution in [-0.2, 0) is 6.42 Å². The Morgan fingerprint density at radius 1 is 1.19 bits per heavy atom. The molecule has 2 rings (SSSR count). The minimum atomic E-state index is 0.376. The number of nitrogens with two attached hydrogens (primary N) is 1. The minimum Gasteiger partial charge on any atom is -0.497 e. The fourth-order valence-corrected chi connectivity index (χ4v) is 2.32. The van der Waals surface area contributed by atoms with E-state index in [-0.39, 0.29) is 0 Å². The van der Waals surface area contributed by atoms with Gasteiger partial charge in [-0.2, -0.15) is 0 Å². The summed E-state index contributed by atoms with van der Waals surface area (Å²) < 4.78 is 5.19. The number of anilines is 2. The van der Waals surface area contributed by atoms with E-state index < -0.39 is 0 Å². The maximum absolute atomic E-state index is 6.09. The maximum atomic E-state index is 6.09. The van der Waals surface area contributed by atoms with Gasteiger partial charge in [0.2, 0.25) is 0 Å². The van der Waals surface area contributed by atoms with Crippen molar-refractivity contribution in [2.24, 2.45) is 5.84 Å². The summed E-state index contributed by atoms with van der Waals surface area (Å²) in [5.74, 6) is 7.10. The fraction of sp³-hybridized carbons (Fsp3) is 0.214. The van der Waals surface area contributed by atoms with Crippen molar-refractivity contribution < 1.29 is 4.74 Å². The van der Waals surface area contributed by atoms with E-state index in [0.29, 0.717) is 28.2 Å². The van der Waals surface area contributed by atoms with Crippen molar-refractivity contribution in [1.82, 2.24) is 4.98 Å². The molecule has 0 atom stereocenters. The van der Waals surface area contributed by atoms with Crippen LogP contribution >= 0.6 is 23.2 Å². The SMILES string of the molecule is COc1cccc(CCNc2nc(NN)c(Cl)cc2Cl)c1. The van der Waals surface area contributed by atoms with Crippen LogP contribution in [-0.4, -0.2) is 18.6 Å². The smallest absolute Gasteiger partial charge is 0.161 e. The monoisotopic (exact) mass is 326 g/mol. The summed E-state index contributed by atoms with van der Waals surface area (Å²) in [5.41, 5.74) is 3.58. The number of halogens is 2. The number of hydrogen-bond acceptors (Lipinski definition) is 5. The first-order valence-corrected chi connectivity index (χ1v) is 7.09. The largest absolute Gasteiger partial charge is 0.497 e. The van der Waals surface area contributed by atoms with Gasteiger partial charge in [-0.3, -0.25) is 0 Å². The third-order valence-electron chi connectivity index (χ3n) is 2.91. The summed E-state index contributed by atoms with van der Waals surface area (Å²) in [4.78, 5) is 4.22. The van der Waals surface area contributed by atoms with Crippen LogP contribution in [0.2, 0.25) is 10.0 Å². The van der Waals surface area contributed by atoms with Crippen molar-refractivity contribution in [3.63, 3.8) is 0 Å². The first-order chi connectivity index (χ1) is 10.1. The number of ether oxygens (including phenoxy) is 1. The Balaban J connectivity index is 2.00. The number of hydrazine groups is 1. The van der Waals surface area contributed by atoms with Gasteiger partial charge in [0, 0.05) is 6.54 Å². The number of hydrogen-bond donors (Lipinski definition) is 3. The molecule has 0 saturated heterocycles. The van der Waals surface area contributed by atoms with Crippen LogP contribution in [0.25, 0.3) is 0 Å². The van der Waals surface area contributed by atoms with Crippen LogP contribution in [0.4, 0.5) is 11.6 Å². The molecule has 0 saturated carbocycles. The molecule has 0 aliphatic rings. The van der Waals surface area contributed by atoms with E-state index in [4.69, 9.17) is 33.8 Å². The highest BCUT2D eigenvalue weighted by Crippen LogP contribution is 2.28. The lowest BCUT2D eigenvalue weighted by molar-refractivity contribution is 0.414. The van der Waals surface area contributed by atoms with Gasteiger partial charge in [-0.1, -0.05) is 35.3 Å². The Kier molecular flexibility index (Phi) is 5.50. The molecule has 7 heteroatoms. The third-order valence-corrected chi connectivity index (χ3v) is 3.48. The molecule has 1 heterocycles. The van der Waals surface area contributed by atoms with E-state index in [1.54, 1.807) is 13.2 Å². The second kappa shape index (κ2) is 7.36. The van der Waals surface area contributed by atoms with Gasteiger partial charge in [0.1, 0.15) is 11.6 Å². The second-order valence-corrected chi connectivity index (χ2v) is 5.14. The normalized spacial score (nSPS) is 10.3. The molecule has 0 amide bonds. The molecule has 21 heavy (non-hydrogen) atoms. The molecule has 1 aromatic carbocycles. The molecule has 0 aliphatic carbocycles. The summed E-state index contributed by atoms with van der Waals surface area (Å²) in [7, 11) is 1.65. The highest BCUT2D eigenvalue weighted by Gasteiger charge is 2.08. The highest BCUT2D eigenvalue weighted by molar-refractivity contribution is 6.37. The standard InChI is InChI=1S/C14H16Cl2N4O/c1-21-10-4-2-3-9(7-10)5-6-18-13-11(15)8-12(16)14(19-13)20-17/h2-4,7-8H,5-6,17H2,1H3,(H2,18,19,20). The Hall–Kier alpha value is -1.69. The van der Waals surface area contributed by atoms with E-state index in [0.717, 1.165) is 17.7 Å². The molecule has 0 aliphatic heterocycles.